The van der Waals surface area contributed by atoms with Crippen molar-refractivity contribution in [1.82, 2.24) is 19.9 Å². The Bertz CT molecular complexity index is 1080. The number of hydrogen-bond donors (Lipinski definition) is 1. The zero-order valence-electron chi connectivity index (χ0n) is 18.2. The first-order valence-corrected chi connectivity index (χ1v) is 11.8. The molecule has 31 heavy (non-hydrogen) atoms. The molecule has 162 valence electrons. The molecule has 0 aliphatic heterocycles. The van der Waals surface area contributed by atoms with Crippen LogP contribution in [0.1, 0.15) is 53.0 Å². The second-order valence-electron chi connectivity index (χ2n) is 8.04. The normalized spacial score (nSPS) is 13.8. The number of rotatable bonds is 8. The van der Waals surface area contributed by atoms with Crippen LogP contribution in [0.2, 0.25) is 0 Å². The fourth-order valence-corrected chi connectivity index (χ4v) is 5.13. The third kappa shape index (κ3) is 5.10. The topological polar surface area (TPSA) is 71.0 Å². The molecule has 0 fully saturated rings. The van der Waals surface area contributed by atoms with Crippen LogP contribution in [0.3, 0.4) is 0 Å². The van der Waals surface area contributed by atoms with Gasteiger partial charge in [-0.25, -0.2) is 9.97 Å². The minimum atomic E-state index is 0.0229. The van der Waals surface area contributed by atoms with Crippen LogP contribution in [0.4, 0.5) is 5.82 Å². The quantitative estimate of drug-likeness (QED) is 0.504. The number of amides is 1. The van der Waals surface area contributed by atoms with Crippen LogP contribution in [0.5, 0.6) is 0 Å². The average Bonchev–Trinajstić information content (AvgIpc) is 3.15. The van der Waals surface area contributed by atoms with Crippen LogP contribution in [-0.4, -0.2) is 45.9 Å². The van der Waals surface area contributed by atoms with Gasteiger partial charge in [-0.15, -0.1) is 11.3 Å². The Balaban J connectivity index is 1.46. The highest BCUT2D eigenvalue weighted by Gasteiger charge is 2.22. The Morgan fingerprint density at radius 1 is 1.19 bits per heavy atom. The van der Waals surface area contributed by atoms with Gasteiger partial charge < -0.3 is 10.2 Å². The van der Waals surface area contributed by atoms with E-state index in [-0.39, 0.29) is 5.91 Å². The summed E-state index contributed by atoms with van der Waals surface area (Å²) in [4.78, 5) is 29.7. The molecule has 7 heteroatoms. The molecule has 0 bridgehead atoms. The summed E-state index contributed by atoms with van der Waals surface area (Å²) in [5, 5.41) is 4.45. The van der Waals surface area contributed by atoms with Crippen LogP contribution in [0.15, 0.2) is 42.4 Å². The van der Waals surface area contributed by atoms with Gasteiger partial charge in [-0.1, -0.05) is 17.7 Å². The summed E-state index contributed by atoms with van der Waals surface area (Å²) < 4.78 is 0. The lowest BCUT2D eigenvalue weighted by molar-refractivity contribution is 0.0800. The van der Waals surface area contributed by atoms with E-state index in [0.29, 0.717) is 6.54 Å². The lowest BCUT2D eigenvalue weighted by Crippen LogP contribution is -2.28. The third-order valence-electron chi connectivity index (χ3n) is 5.82. The first-order chi connectivity index (χ1) is 15.1. The highest BCUT2D eigenvalue weighted by molar-refractivity contribution is 7.20. The molecule has 1 N–H and O–H groups in total. The maximum Gasteiger partial charge on any atom is 0.264 e. The van der Waals surface area contributed by atoms with E-state index < -0.39 is 0 Å². The summed E-state index contributed by atoms with van der Waals surface area (Å²) in [6.07, 6.45) is 12.5. The summed E-state index contributed by atoms with van der Waals surface area (Å²) in [5.41, 5.74) is 3.48. The predicted octanol–water partition coefficient (Wildman–Crippen LogP) is 5.01. The molecule has 1 aliphatic rings. The standard InChI is InChI=1S/C24H29N5OS/c1-17-20-22(26-14-11-18-8-4-3-5-9-18)27-16-28-23(20)31-21(17)24(30)29(2)15-12-19-10-6-7-13-25-19/h6-8,10,13,16H,3-5,9,11-12,14-15H2,1-2H3,(H,26,27,28). The van der Waals surface area contributed by atoms with E-state index in [1.807, 2.05) is 32.2 Å². The van der Waals surface area contributed by atoms with Crippen LogP contribution < -0.4 is 5.32 Å². The number of fused-ring (bicyclic) bond motifs is 1. The molecule has 1 amide bonds. The van der Waals surface area contributed by atoms with Crippen molar-refractivity contribution in [3.05, 3.63) is 58.5 Å². The lowest BCUT2D eigenvalue weighted by atomic mass is 9.97. The van der Waals surface area contributed by atoms with Crippen LogP contribution >= 0.6 is 11.3 Å². The number of hydrogen-bond acceptors (Lipinski definition) is 6. The Morgan fingerprint density at radius 3 is 2.87 bits per heavy atom. The first kappa shape index (κ1) is 21.4. The zero-order chi connectivity index (χ0) is 21.6. The molecule has 1 aliphatic carbocycles. The van der Waals surface area contributed by atoms with Gasteiger partial charge in [-0.2, -0.15) is 0 Å². The van der Waals surface area contributed by atoms with Crippen molar-refractivity contribution in [3.8, 4) is 0 Å². The fraction of sp³-hybridized carbons (Fsp3) is 0.417. The second-order valence-corrected chi connectivity index (χ2v) is 9.04. The number of nitrogens with one attached hydrogen (secondary N) is 1. The molecule has 3 heterocycles. The number of nitrogens with zero attached hydrogens (tertiary/aromatic N) is 4. The molecular formula is C24H29N5OS. The van der Waals surface area contributed by atoms with Crippen molar-refractivity contribution in [2.24, 2.45) is 0 Å². The van der Waals surface area contributed by atoms with Crippen LogP contribution in [0.25, 0.3) is 10.2 Å². The van der Waals surface area contributed by atoms with Crippen LogP contribution in [-0.2, 0) is 6.42 Å². The van der Waals surface area contributed by atoms with Gasteiger partial charge in [-0.3, -0.25) is 9.78 Å². The van der Waals surface area contributed by atoms with E-state index in [1.165, 1.54) is 42.6 Å². The van der Waals surface area contributed by atoms with Gasteiger partial charge in [-0.05, 0) is 56.7 Å². The SMILES string of the molecule is Cc1c(C(=O)N(C)CCc2ccccn2)sc2ncnc(NCCC3=CCCCC3)c12. The van der Waals surface area contributed by atoms with Gasteiger partial charge in [0.25, 0.3) is 5.91 Å². The number of carbonyl (C=O) groups is 1. The lowest BCUT2D eigenvalue weighted by Gasteiger charge is -2.16. The Hall–Kier alpha value is -2.80. The number of aromatic nitrogens is 3. The van der Waals surface area contributed by atoms with Gasteiger partial charge in [0.05, 0.1) is 10.3 Å². The molecular weight excluding hydrogens is 406 g/mol. The summed E-state index contributed by atoms with van der Waals surface area (Å²) in [6, 6.07) is 5.86. The van der Waals surface area contributed by atoms with E-state index in [1.54, 1.807) is 17.4 Å². The smallest absolute Gasteiger partial charge is 0.264 e. The average molecular weight is 436 g/mol. The molecule has 0 spiro atoms. The van der Waals surface area contributed by atoms with E-state index >= 15 is 0 Å². The van der Waals surface area contributed by atoms with E-state index in [4.69, 9.17) is 0 Å². The Morgan fingerprint density at radius 2 is 2.10 bits per heavy atom. The van der Waals surface area contributed by atoms with E-state index in [9.17, 15) is 4.79 Å². The second kappa shape index (κ2) is 10.0. The van der Waals surface area contributed by atoms with Gasteiger partial charge in [0.15, 0.2) is 0 Å². The Labute approximate surface area is 187 Å². The highest BCUT2D eigenvalue weighted by Crippen LogP contribution is 2.34. The molecule has 0 aromatic carbocycles. The summed E-state index contributed by atoms with van der Waals surface area (Å²) in [6.45, 7) is 3.47. The molecule has 0 atom stereocenters. The minimum absolute atomic E-state index is 0.0229. The highest BCUT2D eigenvalue weighted by atomic mass is 32.1. The van der Waals surface area contributed by atoms with Gasteiger partial charge in [0, 0.05) is 38.4 Å². The van der Waals surface area contributed by atoms with Gasteiger partial charge in [0.2, 0.25) is 0 Å². The number of pyridine rings is 1. The molecule has 0 saturated carbocycles. The number of anilines is 1. The Kier molecular flexibility index (Phi) is 6.92. The molecule has 0 saturated heterocycles. The van der Waals surface area contributed by atoms with Crippen molar-refractivity contribution in [2.75, 3.05) is 25.5 Å². The van der Waals surface area contributed by atoms with Crippen molar-refractivity contribution in [1.29, 1.82) is 0 Å². The molecule has 3 aromatic rings. The van der Waals surface area contributed by atoms with Crippen LogP contribution in [0, 0.1) is 6.92 Å². The molecule has 3 aromatic heterocycles. The molecule has 4 rings (SSSR count). The van der Waals surface area contributed by atoms with Crippen molar-refractivity contribution < 1.29 is 4.79 Å². The monoisotopic (exact) mass is 435 g/mol. The number of likely N-dealkylation sites (N-methyl/N-ethyl adjacent to an activating group) is 1. The number of allylic oxidation sites excluding steroid dienone is 1. The van der Waals surface area contributed by atoms with Gasteiger partial charge in [0.1, 0.15) is 17.0 Å². The van der Waals surface area contributed by atoms with Crippen molar-refractivity contribution >= 4 is 33.3 Å². The summed E-state index contributed by atoms with van der Waals surface area (Å²) in [7, 11) is 1.85. The third-order valence-corrected chi connectivity index (χ3v) is 7.01. The summed E-state index contributed by atoms with van der Waals surface area (Å²) in [5.74, 6) is 0.847. The summed E-state index contributed by atoms with van der Waals surface area (Å²) >= 11 is 1.45. The van der Waals surface area contributed by atoms with E-state index in [2.05, 4.69) is 26.3 Å². The van der Waals surface area contributed by atoms with Gasteiger partial charge >= 0.3 is 0 Å². The largest absolute Gasteiger partial charge is 0.369 e. The molecule has 0 unspecified atom stereocenters. The fourth-order valence-electron chi connectivity index (χ4n) is 3.99. The molecule has 0 radical (unpaired) electrons. The number of carbonyl (C=O) groups excluding carboxylic acids is 1. The first-order valence-electron chi connectivity index (χ1n) is 10.9. The number of thiophene rings is 1. The maximum absolute atomic E-state index is 13.1. The van der Waals surface area contributed by atoms with Crippen molar-refractivity contribution in [3.63, 3.8) is 0 Å². The predicted molar refractivity (Wildman–Crippen MR) is 127 cm³/mol. The number of aryl methyl sites for hydroxylation is 1. The zero-order valence-corrected chi connectivity index (χ0v) is 19.0. The molecule has 6 nitrogen and oxygen atoms in total. The van der Waals surface area contributed by atoms with Crippen molar-refractivity contribution in [2.45, 2.75) is 45.4 Å². The van der Waals surface area contributed by atoms with E-state index in [0.717, 1.165) is 51.6 Å². The minimum Gasteiger partial charge on any atom is -0.369 e. The maximum atomic E-state index is 13.1.